The Kier molecular flexibility index (Phi) is 9.55. The van der Waals surface area contributed by atoms with E-state index >= 15 is 0 Å². The molecule has 2 heteroatoms. The minimum Gasteiger partial charge on any atom is -0.455 e. The molecule has 0 N–H and O–H groups in total. The topological polar surface area (TPSA) is 12.5 Å². The second-order valence-corrected chi connectivity index (χ2v) is 18.9. The molecule has 0 bridgehead atoms. The lowest BCUT2D eigenvalue weighted by Gasteiger charge is -2.28. The highest BCUT2D eigenvalue weighted by Gasteiger charge is 2.36. The molecule has 1 heterocycles. The molecule has 1 aliphatic carbocycles. The first kappa shape index (κ1) is 40.5. The van der Waals surface area contributed by atoms with Gasteiger partial charge in [0.1, 0.15) is 11.5 Å². The van der Waals surface area contributed by atoms with Crippen molar-refractivity contribution in [1.82, 2.24) is 0 Å². The van der Waals surface area contributed by atoms with Gasteiger partial charge < -0.3 is 9.64 Å². The van der Waals surface area contributed by atoms with E-state index in [9.17, 15) is 0 Å². The zero-order chi connectivity index (χ0) is 46.1. The molecule has 0 radical (unpaired) electrons. The van der Waals surface area contributed by atoms with Crippen LogP contribution < -0.4 is 9.64 Å². The Balaban J connectivity index is 0.871. The predicted molar refractivity (Wildman–Crippen MR) is 289 cm³/mol. The number of benzene rings is 11. The fourth-order valence-corrected chi connectivity index (χ4v) is 10.9. The van der Waals surface area contributed by atoms with Gasteiger partial charge in [-0.25, -0.2) is 0 Å². The zero-order valence-corrected chi connectivity index (χ0v) is 38.5. The van der Waals surface area contributed by atoms with Crippen molar-refractivity contribution in [2.75, 3.05) is 4.90 Å². The minimum atomic E-state index is -0.111. The smallest absolute Gasteiger partial charge is 0.143 e. The van der Waals surface area contributed by atoms with Crippen LogP contribution in [0, 0.1) is 0 Å². The van der Waals surface area contributed by atoms with E-state index in [1.54, 1.807) is 0 Å². The summed E-state index contributed by atoms with van der Waals surface area (Å²) in [7, 11) is 0. The number of anilines is 3. The Morgan fingerprint density at radius 2 is 0.667 bits per heavy atom. The molecule has 0 fully saturated rings. The maximum absolute atomic E-state index is 7.28. The van der Waals surface area contributed by atoms with Crippen molar-refractivity contribution in [3.63, 3.8) is 0 Å². The van der Waals surface area contributed by atoms with E-state index in [1.165, 1.54) is 55.3 Å². The summed E-state index contributed by atoms with van der Waals surface area (Å²) < 4.78 is 7.28. The number of hydrogen-bond donors (Lipinski definition) is 0. The zero-order valence-electron chi connectivity index (χ0n) is 38.5. The first-order valence-corrected chi connectivity index (χ1v) is 23.9. The number of fused-ring (bicyclic) bond motifs is 9. The Labute approximate surface area is 404 Å². The van der Waals surface area contributed by atoms with Gasteiger partial charge in [-0.3, -0.25) is 0 Å². The molecule has 0 spiro atoms. The number of para-hydroxylation sites is 2. The Hall–Kier alpha value is -8.72. The van der Waals surface area contributed by atoms with Crippen LogP contribution in [0.1, 0.15) is 25.0 Å². The highest BCUT2D eigenvalue weighted by atomic mass is 16.5. The number of rotatable bonds is 7. The van der Waals surface area contributed by atoms with Crippen LogP contribution in [0.3, 0.4) is 0 Å². The van der Waals surface area contributed by atoms with Crippen LogP contribution in [0.5, 0.6) is 11.5 Å². The van der Waals surface area contributed by atoms with E-state index < -0.39 is 0 Å². The third-order valence-corrected chi connectivity index (χ3v) is 14.5. The van der Waals surface area contributed by atoms with Gasteiger partial charge in [0.25, 0.3) is 0 Å². The van der Waals surface area contributed by atoms with Crippen molar-refractivity contribution in [1.29, 1.82) is 0 Å². The lowest BCUT2D eigenvalue weighted by Crippen LogP contribution is -2.16. The van der Waals surface area contributed by atoms with Crippen molar-refractivity contribution >= 4 is 27.8 Å². The summed E-state index contributed by atoms with van der Waals surface area (Å²) in [6.07, 6.45) is 0. The van der Waals surface area contributed by atoms with Gasteiger partial charge in [-0.1, -0.05) is 214 Å². The van der Waals surface area contributed by atoms with Gasteiger partial charge in [-0.05, 0) is 126 Å². The first-order valence-electron chi connectivity index (χ1n) is 23.9. The lowest BCUT2D eigenvalue weighted by molar-refractivity contribution is 0.491. The molecule has 0 amide bonds. The fourth-order valence-electron chi connectivity index (χ4n) is 10.9. The van der Waals surface area contributed by atoms with Crippen LogP contribution in [-0.2, 0) is 5.41 Å². The van der Waals surface area contributed by atoms with E-state index in [-0.39, 0.29) is 5.41 Å². The lowest BCUT2D eigenvalue weighted by atomic mass is 9.82. The van der Waals surface area contributed by atoms with E-state index in [0.29, 0.717) is 0 Å². The molecule has 326 valence electrons. The van der Waals surface area contributed by atoms with Crippen LogP contribution in [-0.4, -0.2) is 0 Å². The molecular weight excluding hydrogens is 835 g/mol. The molecule has 11 aromatic rings. The quantitative estimate of drug-likeness (QED) is 0.158. The molecule has 11 aromatic carbocycles. The van der Waals surface area contributed by atoms with Crippen LogP contribution in [0.2, 0.25) is 0 Å². The van der Waals surface area contributed by atoms with Crippen molar-refractivity contribution in [3.05, 3.63) is 260 Å². The first-order chi connectivity index (χ1) is 34.0. The average Bonchev–Trinajstić information content (AvgIpc) is 3.54. The third-order valence-electron chi connectivity index (χ3n) is 14.5. The van der Waals surface area contributed by atoms with Crippen LogP contribution in [0.25, 0.3) is 88.7 Å². The van der Waals surface area contributed by atoms with Crippen molar-refractivity contribution in [3.8, 4) is 89.4 Å². The van der Waals surface area contributed by atoms with Crippen molar-refractivity contribution in [2.45, 2.75) is 19.3 Å². The summed E-state index contributed by atoms with van der Waals surface area (Å²) in [4.78, 5) is 2.39. The van der Waals surface area contributed by atoms with Gasteiger partial charge >= 0.3 is 0 Å². The van der Waals surface area contributed by atoms with Gasteiger partial charge in [0, 0.05) is 44.7 Å². The molecule has 69 heavy (non-hydrogen) atoms. The third kappa shape index (κ3) is 6.87. The molecule has 13 rings (SSSR count). The minimum absolute atomic E-state index is 0.111. The van der Waals surface area contributed by atoms with Gasteiger partial charge in [0.15, 0.2) is 0 Å². The van der Waals surface area contributed by atoms with Gasteiger partial charge in [-0.15, -0.1) is 0 Å². The Morgan fingerprint density at radius 3 is 1.23 bits per heavy atom. The molecule has 0 saturated carbocycles. The normalized spacial score (nSPS) is 12.7. The second-order valence-electron chi connectivity index (χ2n) is 18.9. The summed E-state index contributed by atoms with van der Waals surface area (Å²) in [6.45, 7) is 4.70. The van der Waals surface area contributed by atoms with E-state index in [0.717, 1.165) is 73.1 Å². The van der Waals surface area contributed by atoms with Gasteiger partial charge in [-0.2, -0.15) is 0 Å². The summed E-state index contributed by atoms with van der Waals surface area (Å²) >= 11 is 0. The van der Waals surface area contributed by atoms with Crippen molar-refractivity contribution in [2.24, 2.45) is 0 Å². The second kappa shape index (κ2) is 16.3. The molecule has 0 atom stereocenters. The largest absolute Gasteiger partial charge is 0.455 e. The fraction of sp³-hybridized carbons (Fsp3) is 0.0448. The maximum atomic E-state index is 7.28. The SMILES string of the molecule is CC1(C)c2ccccc2-c2ccc(N(c3ccc(-c4ccccc4)cc3)c3ccc(-c4ccc(-c5cccc6c5Oc5c(-c7ccccc7)cccc5-c5cc7ccccc7cc5-6)cc4)cc3)cc21. The molecule has 0 unspecified atom stereocenters. The number of hydrogen-bond acceptors (Lipinski definition) is 2. The maximum Gasteiger partial charge on any atom is 0.143 e. The van der Waals surface area contributed by atoms with Gasteiger partial charge in [0.2, 0.25) is 0 Å². The molecular formula is C67H47NO. The highest BCUT2D eigenvalue weighted by molar-refractivity contribution is 6.03. The highest BCUT2D eigenvalue weighted by Crippen LogP contribution is 2.54. The summed E-state index contributed by atoms with van der Waals surface area (Å²) in [5.74, 6) is 1.74. The monoisotopic (exact) mass is 881 g/mol. The standard InChI is InChI=1S/C67H47NO/c1-67(2)63-26-12-11-21-57(63)58-40-39-54(43-64(58)67)68(52-35-31-46(32-36-52)44-15-5-3-6-16-44)53-37-33-47(34-38-53)45-27-29-49(30-28-45)56-23-14-25-60-62-42-51-20-10-9-19-50(51)41-61(62)59-24-13-22-55(65(59)69-66(56)60)48-17-7-4-8-18-48/h3-43H,1-2H3. The van der Waals surface area contributed by atoms with Crippen LogP contribution in [0.4, 0.5) is 17.1 Å². The summed E-state index contributed by atoms with van der Waals surface area (Å²) in [5.41, 5.74) is 22.2. The molecule has 0 aromatic heterocycles. The number of nitrogens with zero attached hydrogens (tertiary/aromatic N) is 1. The Morgan fingerprint density at radius 1 is 0.275 bits per heavy atom. The molecule has 2 aliphatic rings. The predicted octanol–water partition coefficient (Wildman–Crippen LogP) is 18.7. The van der Waals surface area contributed by atoms with E-state index in [1.807, 2.05) is 0 Å². The Bertz CT molecular complexity index is 3740. The van der Waals surface area contributed by atoms with Crippen LogP contribution in [0.15, 0.2) is 249 Å². The summed E-state index contributed by atoms with van der Waals surface area (Å²) in [5, 5.41) is 2.41. The van der Waals surface area contributed by atoms with Crippen molar-refractivity contribution < 1.29 is 4.74 Å². The van der Waals surface area contributed by atoms with E-state index in [4.69, 9.17) is 4.74 Å². The molecule has 2 nitrogen and oxygen atoms in total. The van der Waals surface area contributed by atoms with Gasteiger partial charge in [0.05, 0.1) is 0 Å². The average molecular weight is 882 g/mol. The van der Waals surface area contributed by atoms with E-state index in [2.05, 4.69) is 267 Å². The van der Waals surface area contributed by atoms with Crippen LogP contribution >= 0.6 is 0 Å². The number of ether oxygens (including phenoxy) is 1. The molecule has 0 saturated heterocycles. The molecule has 1 aliphatic heterocycles. The summed E-state index contributed by atoms with van der Waals surface area (Å²) in [6, 6.07) is 90.4.